The van der Waals surface area contributed by atoms with Gasteiger partial charge in [0.1, 0.15) is 5.69 Å². The zero-order chi connectivity index (χ0) is 24.1. The van der Waals surface area contributed by atoms with Crippen LogP contribution in [0.2, 0.25) is 10.0 Å². The van der Waals surface area contributed by atoms with Crippen LogP contribution in [0.15, 0.2) is 36.8 Å². The van der Waals surface area contributed by atoms with E-state index in [1.165, 1.54) is 12.1 Å². The van der Waals surface area contributed by atoms with Crippen LogP contribution in [0, 0.1) is 0 Å². The number of amides is 1. The Morgan fingerprint density at radius 2 is 2.03 bits per heavy atom. The van der Waals surface area contributed by atoms with Crippen molar-refractivity contribution in [3.8, 4) is 0 Å². The summed E-state index contributed by atoms with van der Waals surface area (Å²) in [5.41, 5.74) is 1.19. The second-order valence-corrected chi connectivity index (χ2v) is 10.2. The summed E-state index contributed by atoms with van der Waals surface area (Å²) in [6, 6.07) is 5.48. The molecule has 0 spiro atoms. The Labute approximate surface area is 214 Å². The van der Waals surface area contributed by atoms with E-state index in [1.54, 1.807) is 24.7 Å². The van der Waals surface area contributed by atoms with Crippen molar-refractivity contribution in [2.45, 2.75) is 31.2 Å². The van der Waals surface area contributed by atoms with Gasteiger partial charge in [-0.3, -0.25) is 14.5 Å². The van der Waals surface area contributed by atoms with E-state index >= 15 is 0 Å². The van der Waals surface area contributed by atoms with Crippen LogP contribution in [0.25, 0.3) is 10.9 Å². The van der Waals surface area contributed by atoms with Gasteiger partial charge in [-0.15, -0.1) is 0 Å². The molecule has 0 saturated carbocycles. The Bertz CT molecular complexity index is 1130. The van der Waals surface area contributed by atoms with Gasteiger partial charge in [0.15, 0.2) is 5.82 Å². The van der Waals surface area contributed by atoms with Gasteiger partial charge < -0.3 is 15.2 Å². The predicted molar refractivity (Wildman–Crippen MR) is 140 cm³/mol. The minimum absolute atomic E-state index is 0.0888. The average molecular weight is 523 g/mol. The van der Waals surface area contributed by atoms with Gasteiger partial charge in [0.25, 0.3) is 5.91 Å². The van der Waals surface area contributed by atoms with Crippen LogP contribution in [0.4, 0.5) is 5.82 Å². The summed E-state index contributed by atoms with van der Waals surface area (Å²) < 4.78 is 7.38. The smallest absolute Gasteiger partial charge is 0.268 e. The maximum Gasteiger partial charge on any atom is 0.268 e. The minimum Gasteiger partial charge on any atom is -0.345 e. The van der Waals surface area contributed by atoms with Crippen molar-refractivity contribution in [3.63, 3.8) is 0 Å². The van der Waals surface area contributed by atoms with Crippen molar-refractivity contribution >= 4 is 58.0 Å². The number of hydrogen-bond acceptors (Lipinski definition) is 7. The molecule has 8 nitrogen and oxygen atoms in total. The molecule has 1 amide bonds. The molecule has 11 heteroatoms. The van der Waals surface area contributed by atoms with Gasteiger partial charge in [0.2, 0.25) is 0 Å². The molecule has 0 aliphatic carbocycles. The predicted octanol–water partition coefficient (Wildman–Crippen LogP) is 4.51. The Balaban J connectivity index is 1.46. The summed E-state index contributed by atoms with van der Waals surface area (Å²) in [7, 11) is 3.83. The van der Waals surface area contributed by atoms with Crippen molar-refractivity contribution in [1.29, 1.82) is 0 Å². The number of aromatic nitrogens is 3. The Morgan fingerprint density at radius 3 is 2.74 bits per heavy atom. The molecule has 34 heavy (non-hydrogen) atoms. The normalized spacial score (nSPS) is 16.0. The topological polar surface area (TPSA) is 87.1 Å². The molecule has 3 heterocycles. The monoisotopic (exact) mass is 521 g/mol. The minimum atomic E-state index is -0.268. The lowest BCUT2D eigenvalue weighted by Gasteiger charge is -2.42. The summed E-state index contributed by atoms with van der Waals surface area (Å²) in [6.45, 7) is 2.59. The van der Waals surface area contributed by atoms with E-state index in [2.05, 4.69) is 29.6 Å². The SMILES string of the molecule is CNCCCC1(NC(=O)c2cc3c(Cl)c(Cl)ccc3n2C)CCN(SNc2cnccn2)CC1. The summed E-state index contributed by atoms with van der Waals surface area (Å²) in [5.74, 6) is 0.635. The molecule has 1 saturated heterocycles. The van der Waals surface area contributed by atoms with E-state index in [0.717, 1.165) is 62.0 Å². The number of hydrogen-bond donors (Lipinski definition) is 3. The van der Waals surface area contributed by atoms with E-state index in [4.69, 9.17) is 23.2 Å². The molecule has 1 aliphatic heterocycles. The van der Waals surface area contributed by atoms with E-state index in [9.17, 15) is 4.79 Å². The fourth-order valence-corrected chi connectivity index (χ4v) is 5.45. The average Bonchev–Trinajstić information content (AvgIpc) is 3.19. The van der Waals surface area contributed by atoms with Gasteiger partial charge in [-0.25, -0.2) is 9.29 Å². The molecule has 2 aromatic heterocycles. The molecule has 1 fully saturated rings. The van der Waals surface area contributed by atoms with E-state index < -0.39 is 0 Å². The third kappa shape index (κ3) is 5.60. The number of carbonyl (C=O) groups is 1. The first-order valence-electron chi connectivity index (χ1n) is 11.3. The Hall–Kier alpha value is -2.04. The number of aryl methyl sites for hydroxylation is 1. The highest BCUT2D eigenvalue weighted by molar-refractivity contribution is 7.98. The first-order valence-corrected chi connectivity index (χ1v) is 12.8. The van der Waals surface area contributed by atoms with Crippen LogP contribution in [-0.4, -0.2) is 57.0 Å². The van der Waals surface area contributed by atoms with Crippen LogP contribution in [-0.2, 0) is 7.05 Å². The van der Waals surface area contributed by atoms with Gasteiger partial charge in [0, 0.05) is 61.1 Å². The largest absolute Gasteiger partial charge is 0.345 e. The van der Waals surface area contributed by atoms with Crippen molar-refractivity contribution < 1.29 is 4.79 Å². The van der Waals surface area contributed by atoms with Gasteiger partial charge in [-0.1, -0.05) is 23.2 Å². The molecule has 4 rings (SSSR count). The van der Waals surface area contributed by atoms with Gasteiger partial charge >= 0.3 is 0 Å². The number of carbonyl (C=O) groups excluding carboxylic acids is 1. The zero-order valence-electron chi connectivity index (χ0n) is 19.3. The highest BCUT2D eigenvalue weighted by Crippen LogP contribution is 2.34. The van der Waals surface area contributed by atoms with Gasteiger partial charge in [0.05, 0.1) is 16.2 Å². The number of nitrogens with zero attached hydrogens (tertiary/aromatic N) is 4. The van der Waals surface area contributed by atoms with Crippen molar-refractivity contribution in [1.82, 2.24) is 29.5 Å². The number of halogens is 2. The molecule has 0 atom stereocenters. The van der Waals surface area contributed by atoms with Crippen LogP contribution in [0.5, 0.6) is 0 Å². The molecule has 1 aromatic carbocycles. The molecule has 182 valence electrons. The quantitative estimate of drug-likeness (QED) is 0.282. The standard InChI is InChI=1S/C23H29Cl2N7OS/c1-26-9-3-6-23(7-12-32(13-8-23)34-30-20-15-27-10-11-28-20)29-22(33)19-14-16-18(31(19)2)5-4-17(24)21(16)25/h4-5,10-11,14-15,26H,3,6-9,12-13H2,1-2H3,(H,28,30)(H,29,33). The first-order chi connectivity index (χ1) is 16.4. The summed E-state index contributed by atoms with van der Waals surface area (Å²) in [5, 5.41) is 8.35. The fraction of sp³-hybridized carbons (Fsp3) is 0.435. The number of anilines is 1. The fourth-order valence-electron chi connectivity index (χ4n) is 4.38. The maximum atomic E-state index is 13.5. The van der Waals surface area contributed by atoms with Crippen molar-refractivity contribution in [2.24, 2.45) is 7.05 Å². The van der Waals surface area contributed by atoms with Crippen LogP contribution < -0.4 is 15.4 Å². The maximum absolute atomic E-state index is 13.5. The van der Waals surface area contributed by atoms with Crippen LogP contribution in [0.3, 0.4) is 0 Å². The number of nitrogens with one attached hydrogen (secondary N) is 3. The Morgan fingerprint density at radius 1 is 1.24 bits per heavy atom. The Kier molecular flexibility index (Phi) is 8.21. The summed E-state index contributed by atoms with van der Waals surface area (Å²) >= 11 is 14.1. The molecule has 0 unspecified atom stereocenters. The number of benzene rings is 1. The second-order valence-electron chi connectivity index (χ2n) is 8.54. The van der Waals surface area contributed by atoms with Gasteiger partial charge in [-0.2, -0.15) is 0 Å². The number of rotatable bonds is 9. The van der Waals surface area contributed by atoms with Crippen molar-refractivity contribution in [3.05, 3.63) is 52.5 Å². The van der Waals surface area contributed by atoms with Crippen LogP contribution >= 0.6 is 35.3 Å². The highest BCUT2D eigenvalue weighted by Gasteiger charge is 2.36. The molecule has 3 N–H and O–H groups in total. The molecule has 1 aliphatic rings. The number of piperidine rings is 1. The van der Waals surface area contributed by atoms with E-state index in [-0.39, 0.29) is 11.4 Å². The highest BCUT2D eigenvalue weighted by atomic mass is 35.5. The molecule has 0 radical (unpaired) electrons. The molecular formula is C23H29Cl2N7OS. The third-order valence-electron chi connectivity index (χ3n) is 6.33. The van der Waals surface area contributed by atoms with E-state index in [1.807, 2.05) is 30.8 Å². The lowest BCUT2D eigenvalue weighted by molar-refractivity contribution is 0.0837. The summed E-state index contributed by atoms with van der Waals surface area (Å²) in [4.78, 5) is 21.8. The number of fused-ring (bicyclic) bond motifs is 1. The molecule has 3 aromatic rings. The van der Waals surface area contributed by atoms with Gasteiger partial charge in [-0.05, 0) is 57.5 Å². The lowest BCUT2D eigenvalue weighted by atomic mass is 9.83. The zero-order valence-corrected chi connectivity index (χ0v) is 21.6. The first kappa shape index (κ1) is 25.1. The molecular weight excluding hydrogens is 493 g/mol. The van der Waals surface area contributed by atoms with Crippen molar-refractivity contribution in [2.75, 3.05) is 31.4 Å². The third-order valence-corrected chi connectivity index (χ3v) is 8.07. The van der Waals surface area contributed by atoms with E-state index in [0.29, 0.717) is 15.7 Å². The molecule has 0 bridgehead atoms. The summed E-state index contributed by atoms with van der Waals surface area (Å²) in [6.07, 6.45) is 8.61. The van der Waals surface area contributed by atoms with Crippen LogP contribution in [0.1, 0.15) is 36.2 Å². The second kappa shape index (κ2) is 11.1. The lowest BCUT2D eigenvalue weighted by Crippen LogP contribution is -2.54.